The number of non-ortho nitro benzene ring substituents is 1. The number of benzene rings is 1. The lowest BCUT2D eigenvalue weighted by Gasteiger charge is -2.05. The second kappa shape index (κ2) is 8.02. The Labute approximate surface area is 168 Å². The van der Waals surface area contributed by atoms with Crippen LogP contribution in [0.25, 0.3) is 17.0 Å². The molecule has 0 atom stereocenters. The van der Waals surface area contributed by atoms with E-state index >= 15 is 0 Å². The van der Waals surface area contributed by atoms with E-state index in [1.165, 1.54) is 30.0 Å². The standard InChI is InChI=1S/C18H13N7O3S/c26-16(20-13-4-1-5-14(9-13)25(27)28)11-29-17-7-6-15-21-22-18(24(15)23-17)12-3-2-8-19-10-12/h1-10H,11H2,(H,20,26). The van der Waals surface area contributed by atoms with Gasteiger partial charge < -0.3 is 5.32 Å². The van der Waals surface area contributed by atoms with E-state index in [2.05, 4.69) is 25.6 Å². The van der Waals surface area contributed by atoms with Gasteiger partial charge in [0.2, 0.25) is 5.91 Å². The van der Waals surface area contributed by atoms with Crippen LogP contribution in [0.1, 0.15) is 0 Å². The number of pyridine rings is 1. The number of amides is 1. The van der Waals surface area contributed by atoms with Crippen LogP contribution < -0.4 is 5.32 Å². The molecule has 0 aliphatic rings. The molecule has 0 spiro atoms. The van der Waals surface area contributed by atoms with Gasteiger partial charge in [0.25, 0.3) is 5.69 Å². The molecule has 0 unspecified atom stereocenters. The fraction of sp³-hybridized carbons (Fsp3) is 0.0556. The Morgan fingerprint density at radius 1 is 1.17 bits per heavy atom. The molecule has 0 aliphatic heterocycles. The smallest absolute Gasteiger partial charge is 0.271 e. The van der Waals surface area contributed by atoms with Crippen LogP contribution in [0, 0.1) is 10.1 Å². The quantitative estimate of drug-likeness (QED) is 0.293. The molecule has 29 heavy (non-hydrogen) atoms. The maximum atomic E-state index is 12.2. The minimum absolute atomic E-state index is 0.0851. The van der Waals surface area contributed by atoms with E-state index in [4.69, 9.17) is 0 Å². The van der Waals surface area contributed by atoms with Crippen LogP contribution in [-0.2, 0) is 4.79 Å². The number of rotatable bonds is 6. The van der Waals surface area contributed by atoms with Crippen molar-refractivity contribution in [1.82, 2.24) is 24.8 Å². The fourth-order valence-electron chi connectivity index (χ4n) is 2.56. The van der Waals surface area contributed by atoms with E-state index in [1.807, 2.05) is 6.07 Å². The van der Waals surface area contributed by atoms with Crippen molar-refractivity contribution in [2.24, 2.45) is 0 Å². The molecule has 0 fully saturated rings. The number of nitrogens with one attached hydrogen (secondary N) is 1. The third-order valence-corrected chi connectivity index (χ3v) is 4.77. The van der Waals surface area contributed by atoms with Crippen molar-refractivity contribution < 1.29 is 9.72 Å². The van der Waals surface area contributed by atoms with Gasteiger partial charge in [-0.2, -0.15) is 9.61 Å². The minimum atomic E-state index is -0.511. The van der Waals surface area contributed by atoms with Crippen molar-refractivity contribution in [2.45, 2.75) is 5.03 Å². The van der Waals surface area contributed by atoms with Crippen LogP contribution in [0.5, 0.6) is 0 Å². The van der Waals surface area contributed by atoms with E-state index in [0.29, 0.717) is 22.2 Å². The SMILES string of the molecule is O=C(CSc1ccc2nnc(-c3cccnc3)n2n1)Nc1cccc([N+](=O)[O-])c1. The summed E-state index contributed by atoms with van der Waals surface area (Å²) in [6.07, 6.45) is 3.34. The van der Waals surface area contributed by atoms with Crippen molar-refractivity contribution in [3.63, 3.8) is 0 Å². The van der Waals surface area contributed by atoms with Gasteiger partial charge in [-0.15, -0.1) is 10.2 Å². The van der Waals surface area contributed by atoms with Crippen LogP contribution in [0.3, 0.4) is 0 Å². The number of carbonyl (C=O) groups is 1. The molecule has 3 aromatic heterocycles. The van der Waals surface area contributed by atoms with Gasteiger partial charge in [0.15, 0.2) is 11.5 Å². The number of nitro groups is 1. The van der Waals surface area contributed by atoms with Gasteiger partial charge in [-0.25, -0.2) is 0 Å². The lowest BCUT2D eigenvalue weighted by Crippen LogP contribution is -2.14. The third-order valence-electron chi connectivity index (χ3n) is 3.85. The van der Waals surface area contributed by atoms with Crippen LogP contribution in [0.2, 0.25) is 0 Å². The highest BCUT2D eigenvalue weighted by Gasteiger charge is 2.12. The number of carbonyl (C=O) groups excluding carboxylic acids is 1. The number of thioether (sulfide) groups is 1. The van der Waals surface area contributed by atoms with Gasteiger partial charge in [0.05, 0.1) is 10.7 Å². The first-order valence-electron chi connectivity index (χ1n) is 8.40. The number of hydrogen-bond donors (Lipinski definition) is 1. The molecule has 0 saturated heterocycles. The fourth-order valence-corrected chi connectivity index (χ4v) is 3.21. The van der Waals surface area contributed by atoms with Crippen LogP contribution >= 0.6 is 11.8 Å². The largest absolute Gasteiger partial charge is 0.325 e. The Balaban J connectivity index is 1.46. The molecular formula is C18H13N7O3S. The van der Waals surface area contributed by atoms with Crippen molar-refractivity contribution in [1.29, 1.82) is 0 Å². The molecule has 4 aromatic rings. The summed E-state index contributed by atoms with van der Waals surface area (Å²) in [7, 11) is 0. The molecule has 0 saturated carbocycles. The van der Waals surface area contributed by atoms with Gasteiger partial charge in [0.1, 0.15) is 5.03 Å². The maximum absolute atomic E-state index is 12.2. The highest BCUT2D eigenvalue weighted by molar-refractivity contribution is 7.99. The Kier molecular flexibility index (Phi) is 5.12. The summed E-state index contributed by atoms with van der Waals surface area (Å²) in [5.41, 5.74) is 1.64. The molecular weight excluding hydrogens is 394 g/mol. The highest BCUT2D eigenvalue weighted by atomic mass is 32.2. The average Bonchev–Trinajstić information content (AvgIpc) is 3.16. The Bertz CT molecular complexity index is 1200. The molecule has 10 nitrogen and oxygen atoms in total. The summed E-state index contributed by atoms with van der Waals surface area (Å²) in [5, 5.41) is 26.8. The summed E-state index contributed by atoms with van der Waals surface area (Å²) >= 11 is 1.23. The molecule has 144 valence electrons. The number of hydrogen-bond acceptors (Lipinski definition) is 8. The van der Waals surface area contributed by atoms with Gasteiger partial charge in [-0.1, -0.05) is 17.8 Å². The monoisotopic (exact) mass is 407 g/mol. The molecule has 0 bridgehead atoms. The first-order valence-corrected chi connectivity index (χ1v) is 9.39. The van der Waals surface area contributed by atoms with E-state index in [0.717, 1.165) is 5.56 Å². The van der Waals surface area contributed by atoms with Crippen molar-refractivity contribution in [3.8, 4) is 11.4 Å². The summed E-state index contributed by atoms with van der Waals surface area (Å²) in [6, 6.07) is 13.0. The number of aromatic nitrogens is 5. The van der Waals surface area contributed by atoms with Crippen LogP contribution in [0.15, 0.2) is 66.0 Å². The van der Waals surface area contributed by atoms with Gasteiger partial charge in [0, 0.05) is 35.8 Å². The van der Waals surface area contributed by atoms with Crippen LogP contribution in [-0.4, -0.2) is 41.4 Å². The summed E-state index contributed by atoms with van der Waals surface area (Å²) in [5.74, 6) is 0.344. The molecule has 1 amide bonds. The zero-order valence-electron chi connectivity index (χ0n) is 14.8. The highest BCUT2D eigenvalue weighted by Crippen LogP contribution is 2.21. The predicted octanol–water partition coefficient (Wildman–Crippen LogP) is 2.83. The molecule has 4 rings (SSSR count). The second-order valence-electron chi connectivity index (χ2n) is 5.85. The van der Waals surface area contributed by atoms with Gasteiger partial charge >= 0.3 is 0 Å². The van der Waals surface area contributed by atoms with Crippen LogP contribution in [0.4, 0.5) is 11.4 Å². The molecule has 3 heterocycles. The van der Waals surface area contributed by atoms with E-state index in [9.17, 15) is 14.9 Å². The minimum Gasteiger partial charge on any atom is -0.325 e. The first-order chi connectivity index (χ1) is 14.1. The molecule has 0 aliphatic carbocycles. The molecule has 0 radical (unpaired) electrons. The molecule has 11 heteroatoms. The van der Waals surface area contributed by atoms with Crippen molar-refractivity contribution in [3.05, 3.63) is 71.0 Å². The topological polar surface area (TPSA) is 128 Å². The van der Waals surface area contributed by atoms with Gasteiger partial charge in [-0.3, -0.25) is 19.9 Å². The maximum Gasteiger partial charge on any atom is 0.271 e. The van der Waals surface area contributed by atoms with Crippen molar-refractivity contribution >= 4 is 34.7 Å². The average molecular weight is 407 g/mol. The zero-order valence-corrected chi connectivity index (χ0v) is 15.6. The molecule has 1 aromatic carbocycles. The lowest BCUT2D eigenvalue weighted by molar-refractivity contribution is -0.384. The first kappa shape index (κ1) is 18.5. The van der Waals surface area contributed by atoms with Gasteiger partial charge in [-0.05, 0) is 30.3 Å². The van der Waals surface area contributed by atoms with E-state index in [1.54, 1.807) is 41.2 Å². The van der Waals surface area contributed by atoms with Crippen molar-refractivity contribution in [2.75, 3.05) is 11.1 Å². The van der Waals surface area contributed by atoms with E-state index < -0.39 is 4.92 Å². The zero-order chi connectivity index (χ0) is 20.2. The summed E-state index contributed by atoms with van der Waals surface area (Å²) in [6.45, 7) is 0. The summed E-state index contributed by atoms with van der Waals surface area (Å²) in [4.78, 5) is 26.6. The van der Waals surface area contributed by atoms with E-state index in [-0.39, 0.29) is 17.3 Å². The number of nitrogens with zero attached hydrogens (tertiary/aromatic N) is 6. The summed E-state index contributed by atoms with van der Waals surface area (Å²) < 4.78 is 1.60. The lowest BCUT2D eigenvalue weighted by atomic mass is 10.3. The Morgan fingerprint density at radius 2 is 2.07 bits per heavy atom. The molecule has 1 N–H and O–H groups in total. The number of nitro benzene ring substituents is 1. The Morgan fingerprint density at radius 3 is 2.86 bits per heavy atom. The normalized spacial score (nSPS) is 10.8. The number of anilines is 1. The number of fused-ring (bicyclic) bond motifs is 1. The second-order valence-corrected chi connectivity index (χ2v) is 6.85. The Hall–Kier alpha value is -3.86. The predicted molar refractivity (Wildman–Crippen MR) is 106 cm³/mol. The third kappa shape index (κ3) is 4.19.